The highest BCUT2D eigenvalue weighted by molar-refractivity contribution is 5.84. The van der Waals surface area contributed by atoms with Crippen LogP contribution >= 0.6 is 0 Å². The number of hydrogen-bond acceptors (Lipinski definition) is 2. The van der Waals surface area contributed by atoms with Crippen molar-refractivity contribution in [1.29, 1.82) is 0 Å². The molecular formula is C16H21NO2. The first-order valence-electron chi connectivity index (χ1n) is 7.21. The Balaban J connectivity index is 1.69. The fraction of sp³-hybridized carbons (Fsp3) is 0.562. The maximum Gasteiger partial charge on any atom is 0.224 e. The average Bonchev–Trinajstić information content (AvgIpc) is 3.13. The Morgan fingerprint density at radius 1 is 1.47 bits per heavy atom. The number of aryl methyl sites for hydroxylation is 1. The van der Waals surface area contributed by atoms with Gasteiger partial charge in [0, 0.05) is 18.6 Å². The van der Waals surface area contributed by atoms with Crippen molar-refractivity contribution in [3.8, 4) is 0 Å². The molecule has 0 saturated heterocycles. The van der Waals surface area contributed by atoms with Gasteiger partial charge in [0.2, 0.25) is 5.91 Å². The molecular weight excluding hydrogens is 238 g/mol. The molecule has 1 fully saturated rings. The van der Waals surface area contributed by atoms with Gasteiger partial charge >= 0.3 is 0 Å². The van der Waals surface area contributed by atoms with Crippen molar-refractivity contribution in [3.63, 3.8) is 0 Å². The Morgan fingerprint density at radius 2 is 2.26 bits per heavy atom. The number of aliphatic hydroxyl groups excluding tert-OH is 1. The molecule has 2 aliphatic rings. The standard InChI is InChI=1S/C16H21NO2/c1-10(8-9-18)17-16(19)15-13-7-6-11-4-2-3-5-12(11)14(13)15/h2-5,10,13-15,18H,6-9H2,1H3,(H,17,19). The summed E-state index contributed by atoms with van der Waals surface area (Å²) in [4.78, 5) is 12.3. The number of hydrogen-bond donors (Lipinski definition) is 2. The van der Waals surface area contributed by atoms with E-state index in [1.54, 1.807) is 0 Å². The lowest BCUT2D eigenvalue weighted by molar-refractivity contribution is -0.123. The summed E-state index contributed by atoms with van der Waals surface area (Å²) in [6.07, 6.45) is 2.87. The molecule has 3 rings (SSSR count). The Bertz CT molecular complexity index is 485. The van der Waals surface area contributed by atoms with Crippen LogP contribution in [0.25, 0.3) is 0 Å². The van der Waals surface area contributed by atoms with Crippen LogP contribution in [0.5, 0.6) is 0 Å². The van der Waals surface area contributed by atoms with Gasteiger partial charge in [-0.15, -0.1) is 0 Å². The molecule has 4 unspecified atom stereocenters. The summed E-state index contributed by atoms with van der Waals surface area (Å²) < 4.78 is 0. The lowest BCUT2D eigenvalue weighted by Gasteiger charge is -2.13. The Labute approximate surface area is 114 Å². The second kappa shape index (κ2) is 4.97. The number of rotatable bonds is 4. The molecule has 19 heavy (non-hydrogen) atoms. The summed E-state index contributed by atoms with van der Waals surface area (Å²) in [7, 11) is 0. The summed E-state index contributed by atoms with van der Waals surface area (Å²) >= 11 is 0. The molecule has 1 amide bonds. The van der Waals surface area contributed by atoms with Gasteiger partial charge in [-0.1, -0.05) is 24.3 Å². The first-order valence-corrected chi connectivity index (χ1v) is 7.21. The summed E-state index contributed by atoms with van der Waals surface area (Å²) in [5, 5.41) is 11.9. The van der Waals surface area contributed by atoms with Crippen molar-refractivity contribution in [1.82, 2.24) is 5.32 Å². The van der Waals surface area contributed by atoms with Crippen LogP contribution in [0.15, 0.2) is 24.3 Å². The van der Waals surface area contributed by atoms with E-state index in [0.29, 0.717) is 18.3 Å². The molecule has 3 heteroatoms. The van der Waals surface area contributed by atoms with Gasteiger partial charge in [0.15, 0.2) is 0 Å². The number of benzene rings is 1. The second-order valence-corrected chi connectivity index (χ2v) is 5.87. The van der Waals surface area contributed by atoms with Crippen molar-refractivity contribution in [3.05, 3.63) is 35.4 Å². The number of carbonyl (C=O) groups excluding carboxylic acids is 1. The van der Waals surface area contributed by atoms with Crippen molar-refractivity contribution in [2.75, 3.05) is 6.61 Å². The zero-order valence-electron chi connectivity index (χ0n) is 11.3. The number of fused-ring (bicyclic) bond motifs is 3. The van der Waals surface area contributed by atoms with Gasteiger partial charge in [-0.05, 0) is 49.1 Å². The van der Waals surface area contributed by atoms with Gasteiger partial charge in [0.25, 0.3) is 0 Å². The fourth-order valence-electron chi connectivity index (χ4n) is 3.53. The summed E-state index contributed by atoms with van der Waals surface area (Å²) in [5.74, 6) is 1.31. The molecule has 0 bridgehead atoms. The number of amides is 1. The molecule has 0 heterocycles. The predicted molar refractivity (Wildman–Crippen MR) is 73.8 cm³/mol. The summed E-state index contributed by atoms with van der Waals surface area (Å²) in [6.45, 7) is 2.08. The van der Waals surface area contributed by atoms with E-state index in [-0.39, 0.29) is 24.5 Å². The van der Waals surface area contributed by atoms with Gasteiger partial charge in [0.1, 0.15) is 0 Å². The molecule has 2 aliphatic carbocycles. The predicted octanol–water partition coefficient (Wildman–Crippen LogP) is 1.85. The highest BCUT2D eigenvalue weighted by Gasteiger charge is 2.56. The van der Waals surface area contributed by atoms with Crippen LogP contribution in [0.3, 0.4) is 0 Å². The van der Waals surface area contributed by atoms with E-state index in [1.807, 2.05) is 6.92 Å². The summed E-state index contributed by atoms with van der Waals surface area (Å²) in [5.41, 5.74) is 2.80. The molecule has 3 nitrogen and oxygen atoms in total. The number of aliphatic hydroxyl groups is 1. The van der Waals surface area contributed by atoms with Crippen LogP contribution in [0.4, 0.5) is 0 Å². The van der Waals surface area contributed by atoms with Gasteiger partial charge in [-0.25, -0.2) is 0 Å². The fourth-order valence-corrected chi connectivity index (χ4v) is 3.53. The molecule has 1 aromatic carbocycles. The molecule has 0 spiro atoms. The molecule has 2 N–H and O–H groups in total. The third kappa shape index (κ3) is 2.27. The van der Waals surface area contributed by atoms with E-state index >= 15 is 0 Å². The van der Waals surface area contributed by atoms with Crippen LogP contribution in [-0.4, -0.2) is 23.7 Å². The Kier molecular flexibility index (Phi) is 3.31. The smallest absolute Gasteiger partial charge is 0.224 e. The van der Waals surface area contributed by atoms with Crippen LogP contribution in [0, 0.1) is 11.8 Å². The van der Waals surface area contributed by atoms with E-state index in [9.17, 15) is 4.79 Å². The lowest BCUT2D eigenvalue weighted by atomic mass is 9.92. The monoisotopic (exact) mass is 259 g/mol. The first-order chi connectivity index (χ1) is 9.22. The third-order valence-electron chi connectivity index (χ3n) is 4.58. The minimum atomic E-state index is 0.0652. The van der Waals surface area contributed by atoms with Gasteiger partial charge < -0.3 is 10.4 Å². The lowest BCUT2D eigenvalue weighted by Crippen LogP contribution is -2.34. The largest absolute Gasteiger partial charge is 0.396 e. The van der Waals surface area contributed by atoms with Crippen molar-refractivity contribution in [2.45, 2.75) is 38.1 Å². The molecule has 1 saturated carbocycles. The molecule has 4 atom stereocenters. The van der Waals surface area contributed by atoms with Crippen LogP contribution < -0.4 is 5.32 Å². The SMILES string of the molecule is CC(CCO)NC(=O)C1C2CCc3ccccc3C21. The second-order valence-electron chi connectivity index (χ2n) is 5.87. The maximum absolute atomic E-state index is 12.3. The highest BCUT2D eigenvalue weighted by Crippen LogP contribution is 2.59. The zero-order chi connectivity index (χ0) is 13.4. The van der Waals surface area contributed by atoms with Gasteiger partial charge in [0.05, 0.1) is 0 Å². The molecule has 0 aromatic heterocycles. The van der Waals surface area contributed by atoms with Crippen LogP contribution in [0.1, 0.15) is 36.8 Å². The van der Waals surface area contributed by atoms with E-state index in [2.05, 4.69) is 29.6 Å². The molecule has 102 valence electrons. The Hall–Kier alpha value is -1.35. The van der Waals surface area contributed by atoms with Crippen LogP contribution in [-0.2, 0) is 11.2 Å². The van der Waals surface area contributed by atoms with Gasteiger partial charge in [-0.2, -0.15) is 0 Å². The topological polar surface area (TPSA) is 49.3 Å². The summed E-state index contributed by atoms with van der Waals surface area (Å²) in [6, 6.07) is 8.59. The van der Waals surface area contributed by atoms with Crippen molar-refractivity contribution < 1.29 is 9.90 Å². The Morgan fingerprint density at radius 3 is 3.05 bits per heavy atom. The van der Waals surface area contributed by atoms with E-state index < -0.39 is 0 Å². The average molecular weight is 259 g/mol. The quantitative estimate of drug-likeness (QED) is 0.867. The third-order valence-corrected chi connectivity index (χ3v) is 4.58. The number of carbonyl (C=O) groups is 1. The highest BCUT2D eigenvalue weighted by atomic mass is 16.3. The van der Waals surface area contributed by atoms with Crippen LogP contribution in [0.2, 0.25) is 0 Å². The maximum atomic E-state index is 12.3. The minimum absolute atomic E-state index is 0.0652. The van der Waals surface area contributed by atoms with Crippen molar-refractivity contribution >= 4 is 5.91 Å². The molecule has 0 aliphatic heterocycles. The number of nitrogens with one attached hydrogen (secondary N) is 1. The minimum Gasteiger partial charge on any atom is -0.396 e. The van der Waals surface area contributed by atoms with E-state index in [0.717, 1.165) is 12.8 Å². The van der Waals surface area contributed by atoms with E-state index in [4.69, 9.17) is 5.11 Å². The normalized spacial score (nSPS) is 29.1. The van der Waals surface area contributed by atoms with Gasteiger partial charge in [-0.3, -0.25) is 4.79 Å². The van der Waals surface area contributed by atoms with E-state index in [1.165, 1.54) is 11.1 Å². The molecule has 0 radical (unpaired) electrons. The van der Waals surface area contributed by atoms with Crippen molar-refractivity contribution in [2.24, 2.45) is 11.8 Å². The zero-order valence-corrected chi connectivity index (χ0v) is 11.3. The molecule has 1 aromatic rings. The first kappa shape index (κ1) is 12.7.